The van der Waals surface area contributed by atoms with Crippen LogP contribution in [0.2, 0.25) is 0 Å². The third-order valence-corrected chi connectivity index (χ3v) is 4.22. The molecule has 132 valence electrons. The first-order valence-electron chi connectivity index (χ1n) is 8.05. The van der Waals surface area contributed by atoms with Crippen molar-refractivity contribution in [1.82, 2.24) is 5.32 Å². The molecule has 1 atom stereocenters. The zero-order valence-corrected chi connectivity index (χ0v) is 14.8. The number of aromatic nitrogens is 1. The number of Topliss-reactive ketones (excluding diaryl/α,β-unsaturated/α-hetero) is 1. The molecule has 2 N–H and O–H groups in total. The second-order valence-electron chi connectivity index (χ2n) is 5.67. The Morgan fingerprint density at radius 1 is 1.38 bits per heavy atom. The predicted octanol–water partition coefficient (Wildman–Crippen LogP) is 1.83. The number of ketones is 1. The van der Waals surface area contributed by atoms with Gasteiger partial charge in [0.25, 0.3) is 11.9 Å². The molecule has 1 unspecified atom stereocenters. The van der Waals surface area contributed by atoms with Crippen LogP contribution in [0.3, 0.4) is 0 Å². The number of fused-ring (bicyclic) bond motifs is 1. The summed E-state index contributed by atoms with van der Waals surface area (Å²) >= 11 is 5.44. The molecular formula is C19H18N3O3S+. The lowest BCUT2D eigenvalue weighted by atomic mass is 10.0. The van der Waals surface area contributed by atoms with Crippen molar-refractivity contribution in [2.75, 3.05) is 18.5 Å². The lowest BCUT2D eigenvalue weighted by Gasteiger charge is -2.19. The third kappa shape index (κ3) is 3.78. The van der Waals surface area contributed by atoms with Crippen LogP contribution in [0.4, 0.5) is 5.69 Å². The molecule has 6 nitrogen and oxygen atoms in total. The maximum Gasteiger partial charge on any atom is 0.270 e. The zero-order valence-electron chi connectivity index (χ0n) is 14.0. The van der Waals surface area contributed by atoms with E-state index < -0.39 is 6.04 Å². The van der Waals surface area contributed by atoms with E-state index in [4.69, 9.17) is 17.0 Å². The van der Waals surface area contributed by atoms with Crippen LogP contribution in [-0.4, -0.2) is 29.8 Å². The number of nitrogens with zero attached hydrogens (tertiary/aromatic N) is 1. The smallest absolute Gasteiger partial charge is 0.270 e. The SMILES string of the molecule is C=CCNC(=S)C(C(=O)c1ccc2c(c1)NC(=O)CO2)[n+]1ccccc1. The summed E-state index contributed by atoms with van der Waals surface area (Å²) in [4.78, 5) is 25.1. The summed E-state index contributed by atoms with van der Waals surface area (Å²) in [6, 6.07) is 9.78. The van der Waals surface area contributed by atoms with Crippen molar-refractivity contribution >= 4 is 34.6 Å². The summed E-state index contributed by atoms with van der Waals surface area (Å²) in [5.74, 6) is 0.0991. The van der Waals surface area contributed by atoms with E-state index in [0.29, 0.717) is 28.5 Å². The van der Waals surface area contributed by atoms with Crippen LogP contribution in [0.25, 0.3) is 0 Å². The average molecular weight is 368 g/mol. The van der Waals surface area contributed by atoms with Crippen LogP contribution < -0.4 is 19.9 Å². The van der Waals surface area contributed by atoms with Crippen LogP contribution in [0.5, 0.6) is 5.75 Å². The van der Waals surface area contributed by atoms with E-state index in [9.17, 15) is 9.59 Å². The highest BCUT2D eigenvalue weighted by molar-refractivity contribution is 7.80. The first-order chi connectivity index (χ1) is 12.6. The van der Waals surface area contributed by atoms with E-state index in [1.54, 1.807) is 41.2 Å². The molecular weight excluding hydrogens is 350 g/mol. The van der Waals surface area contributed by atoms with Crippen molar-refractivity contribution in [3.05, 3.63) is 67.0 Å². The Morgan fingerprint density at radius 2 is 2.15 bits per heavy atom. The van der Waals surface area contributed by atoms with Crippen molar-refractivity contribution < 1.29 is 18.9 Å². The molecule has 7 heteroatoms. The number of carbonyl (C=O) groups is 2. The minimum absolute atomic E-state index is 0.0294. The van der Waals surface area contributed by atoms with Gasteiger partial charge in [0.2, 0.25) is 5.78 Å². The summed E-state index contributed by atoms with van der Waals surface area (Å²) in [7, 11) is 0. The Balaban J connectivity index is 1.95. The maximum atomic E-state index is 13.2. The third-order valence-electron chi connectivity index (χ3n) is 3.85. The Kier molecular flexibility index (Phi) is 5.38. The minimum Gasteiger partial charge on any atom is -0.482 e. The number of ether oxygens (including phenoxy) is 1. The summed E-state index contributed by atoms with van der Waals surface area (Å²) in [6.07, 6.45) is 5.25. The van der Waals surface area contributed by atoms with Crippen molar-refractivity contribution in [1.29, 1.82) is 0 Å². The van der Waals surface area contributed by atoms with Gasteiger partial charge in [0.1, 0.15) is 5.75 Å². The van der Waals surface area contributed by atoms with Gasteiger partial charge in [-0.05, 0) is 18.2 Å². The molecule has 0 aliphatic carbocycles. The lowest BCUT2D eigenvalue weighted by Crippen LogP contribution is -2.51. The summed E-state index contributed by atoms with van der Waals surface area (Å²) < 4.78 is 7.08. The van der Waals surface area contributed by atoms with E-state index in [1.807, 2.05) is 18.2 Å². The van der Waals surface area contributed by atoms with Gasteiger partial charge < -0.3 is 15.4 Å². The second kappa shape index (κ2) is 7.88. The van der Waals surface area contributed by atoms with Gasteiger partial charge in [0.15, 0.2) is 24.0 Å². The van der Waals surface area contributed by atoms with E-state index in [-0.39, 0.29) is 18.3 Å². The number of anilines is 1. The van der Waals surface area contributed by atoms with Gasteiger partial charge in [-0.1, -0.05) is 24.4 Å². The van der Waals surface area contributed by atoms with Crippen LogP contribution in [0, 0.1) is 0 Å². The van der Waals surface area contributed by atoms with E-state index in [0.717, 1.165) is 0 Å². The molecule has 1 amide bonds. The molecule has 0 saturated heterocycles. The number of thiocarbonyl (C=S) groups is 1. The average Bonchev–Trinajstić information content (AvgIpc) is 2.66. The van der Waals surface area contributed by atoms with Crippen molar-refractivity contribution in [3.63, 3.8) is 0 Å². The lowest BCUT2D eigenvalue weighted by molar-refractivity contribution is -0.692. The number of amides is 1. The Morgan fingerprint density at radius 3 is 2.88 bits per heavy atom. The summed E-state index contributed by atoms with van der Waals surface area (Å²) in [6.45, 7) is 4.09. The highest BCUT2D eigenvalue weighted by Crippen LogP contribution is 2.29. The normalized spacial score (nSPS) is 13.6. The molecule has 1 aromatic heterocycles. The van der Waals surface area contributed by atoms with Gasteiger partial charge in [-0.15, -0.1) is 6.58 Å². The van der Waals surface area contributed by atoms with Gasteiger partial charge in [-0.3, -0.25) is 9.59 Å². The fourth-order valence-electron chi connectivity index (χ4n) is 2.64. The van der Waals surface area contributed by atoms with Crippen LogP contribution >= 0.6 is 12.2 Å². The highest BCUT2D eigenvalue weighted by Gasteiger charge is 2.33. The van der Waals surface area contributed by atoms with Crippen LogP contribution in [-0.2, 0) is 4.79 Å². The molecule has 0 saturated carbocycles. The number of hydrogen-bond acceptors (Lipinski definition) is 4. The van der Waals surface area contributed by atoms with E-state index in [1.165, 1.54) is 0 Å². The topological polar surface area (TPSA) is 71.3 Å². The molecule has 2 heterocycles. The van der Waals surface area contributed by atoms with Crippen molar-refractivity contribution in [2.45, 2.75) is 6.04 Å². The molecule has 1 aliphatic rings. The van der Waals surface area contributed by atoms with Gasteiger partial charge in [-0.25, -0.2) is 0 Å². The van der Waals surface area contributed by atoms with E-state index in [2.05, 4.69) is 17.2 Å². The van der Waals surface area contributed by atoms with Gasteiger partial charge in [0.05, 0.1) is 5.69 Å². The molecule has 0 fully saturated rings. The standard InChI is InChI=1S/C19H17N3O3S/c1-2-8-20-19(26)17(22-9-4-3-5-10-22)18(24)13-6-7-15-14(11-13)21-16(23)12-25-15/h2-7,9-11,17H,1,8,12H2,(H-,20,21,23,26)/p+1. The monoisotopic (exact) mass is 368 g/mol. The molecule has 0 spiro atoms. The second-order valence-corrected chi connectivity index (χ2v) is 6.11. The number of carbonyl (C=O) groups excluding carboxylic acids is 2. The fourth-order valence-corrected chi connectivity index (χ4v) is 2.95. The minimum atomic E-state index is -0.704. The molecule has 0 radical (unpaired) electrons. The van der Waals surface area contributed by atoms with Gasteiger partial charge in [-0.2, -0.15) is 4.57 Å². The van der Waals surface area contributed by atoms with E-state index >= 15 is 0 Å². The number of benzene rings is 1. The number of pyridine rings is 1. The predicted molar refractivity (Wildman–Crippen MR) is 101 cm³/mol. The van der Waals surface area contributed by atoms with Crippen LogP contribution in [0.15, 0.2) is 61.4 Å². The molecule has 3 rings (SSSR count). The molecule has 1 aromatic carbocycles. The first kappa shape index (κ1) is 17.8. The Hall–Kier alpha value is -3.06. The fraction of sp³-hybridized carbons (Fsp3) is 0.158. The summed E-state index contributed by atoms with van der Waals surface area (Å²) in [5, 5.41) is 5.74. The van der Waals surface area contributed by atoms with Gasteiger partial charge in [0, 0.05) is 24.2 Å². The number of hydrogen-bond donors (Lipinski definition) is 2. The van der Waals surface area contributed by atoms with Gasteiger partial charge >= 0.3 is 0 Å². The van der Waals surface area contributed by atoms with Crippen molar-refractivity contribution in [3.8, 4) is 5.75 Å². The molecule has 2 aromatic rings. The maximum absolute atomic E-state index is 13.2. The van der Waals surface area contributed by atoms with Crippen LogP contribution in [0.1, 0.15) is 16.4 Å². The Bertz CT molecular complexity index is 868. The number of nitrogens with one attached hydrogen (secondary N) is 2. The zero-order chi connectivity index (χ0) is 18.5. The molecule has 26 heavy (non-hydrogen) atoms. The van der Waals surface area contributed by atoms with Crippen molar-refractivity contribution in [2.24, 2.45) is 0 Å². The largest absolute Gasteiger partial charge is 0.482 e. The quantitative estimate of drug-likeness (QED) is 0.352. The number of rotatable bonds is 6. The Labute approximate surface area is 156 Å². The first-order valence-corrected chi connectivity index (χ1v) is 8.46. The molecule has 1 aliphatic heterocycles. The molecule has 0 bridgehead atoms. The highest BCUT2D eigenvalue weighted by atomic mass is 32.1. The summed E-state index contributed by atoms with van der Waals surface area (Å²) in [5.41, 5.74) is 0.910.